The molecule has 6 nitrogen and oxygen atoms in total. The number of amides is 1. The highest BCUT2D eigenvalue weighted by Gasteiger charge is 2.36. The number of carbonyl (C=O) groups is 1. The molecule has 0 radical (unpaired) electrons. The molecule has 1 aromatic heterocycles. The SMILES string of the molecule is CCCCCCCCc1ccc(-c2noc([C@@H]3CCCN3C(=O)OC(C)(C)C)n2)cc1. The first kappa shape index (κ1) is 23.3. The lowest BCUT2D eigenvalue weighted by Crippen LogP contribution is -2.36. The van der Waals surface area contributed by atoms with Crippen molar-refractivity contribution in [2.75, 3.05) is 6.54 Å². The van der Waals surface area contributed by atoms with Crippen LogP contribution < -0.4 is 0 Å². The van der Waals surface area contributed by atoms with Gasteiger partial charge in [-0.15, -0.1) is 0 Å². The molecule has 0 bridgehead atoms. The molecule has 1 aliphatic rings. The van der Waals surface area contributed by atoms with Crippen molar-refractivity contribution in [2.24, 2.45) is 0 Å². The van der Waals surface area contributed by atoms with Gasteiger partial charge in [-0.05, 0) is 52.0 Å². The van der Waals surface area contributed by atoms with E-state index in [4.69, 9.17) is 9.26 Å². The van der Waals surface area contributed by atoms with Crippen molar-refractivity contribution >= 4 is 6.09 Å². The van der Waals surface area contributed by atoms with Crippen LogP contribution in [0.15, 0.2) is 28.8 Å². The van der Waals surface area contributed by atoms with Crippen LogP contribution in [0.3, 0.4) is 0 Å². The van der Waals surface area contributed by atoms with Crippen LogP contribution in [0.4, 0.5) is 4.79 Å². The number of nitrogens with zero attached hydrogens (tertiary/aromatic N) is 3. The fourth-order valence-electron chi connectivity index (χ4n) is 3.98. The molecule has 1 fully saturated rings. The summed E-state index contributed by atoms with van der Waals surface area (Å²) < 4.78 is 11.1. The Bertz CT molecular complexity index is 823. The van der Waals surface area contributed by atoms with E-state index in [1.54, 1.807) is 4.90 Å². The molecule has 0 aliphatic carbocycles. The summed E-state index contributed by atoms with van der Waals surface area (Å²) in [5.41, 5.74) is 1.75. The van der Waals surface area contributed by atoms with E-state index in [9.17, 15) is 4.79 Å². The van der Waals surface area contributed by atoms with Gasteiger partial charge in [0.2, 0.25) is 11.7 Å². The van der Waals surface area contributed by atoms with E-state index >= 15 is 0 Å². The second-order valence-electron chi connectivity index (χ2n) is 9.50. The van der Waals surface area contributed by atoms with Crippen LogP contribution in [-0.4, -0.2) is 33.3 Å². The Morgan fingerprint density at radius 2 is 1.84 bits per heavy atom. The number of hydrogen-bond donors (Lipinski definition) is 0. The lowest BCUT2D eigenvalue weighted by atomic mass is 10.0. The van der Waals surface area contributed by atoms with Gasteiger partial charge in [-0.3, -0.25) is 4.90 Å². The van der Waals surface area contributed by atoms with Gasteiger partial charge in [0.05, 0.1) is 0 Å². The Morgan fingerprint density at radius 1 is 1.13 bits per heavy atom. The number of unbranched alkanes of at least 4 members (excludes halogenated alkanes) is 5. The van der Waals surface area contributed by atoms with Crippen LogP contribution in [0, 0.1) is 0 Å². The summed E-state index contributed by atoms with van der Waals surface area (Å²) in [6.07, 6.45) is 10.3. The summed E-state index contributed by atoms with van der Waals surface area (Å²) in [5, 5.41) is 4.17. The maximum Gasteiger partial charge on any atom is 0.410 e. The van der Waals surface area contributed by atoms with Crippen LogP contribution in [0.5, 0.6) is 0 Å². The fourth-order valence-corrected chi connectivity index (χ4v) is 3.98. The van der Waals surface area contributed by atoms with Gasteiger partial charge in [0.1, 0.15) is 11.6 Å². The van der Waals surface area contributed by atoms with Crippen LogP contribution in [-0.2, 0) is 11.2 Å². The number of hydrogen-bond acceptors (Lipinski definition) is 5. The minimum Gasteiger partial charge on any atom is -0.444 e. The average molecular weight is 428 g/mol. The first-order valence-corrected chi connectivity index (χ1v) is 11.8. The number of benzene rings is 1. The molecule has 1 saturated heterocycles. The van der Waals surface area contributed by atoms with Crippen LogP contribution >= 0.6 is 0 Å². The molecule has 1 atom stereocenters. The molecule has 6 heteroatoms. The molecular weight excluding hydrogens is 390 g/mol. The fraction of sp³-hybridized carbons (Fsp3) is 0.640. The molecule has 170 valence electrons. The lowest BCUT2D eigenvalue weighted by Gasteiger charge is -2.26. The van der Waals surface area contributed by atoms with E-state index < -0.39 is 5.60 Å². The van der Waals surface area contributed by atoms with Crippen molar-refractivity contribution in [1.29, 1.82) is 0 Å². The maximum atomic E-state index is 12.5. The molecular formula is C25H37N3O3. The van der Waals surface area contributed by atoms with Crippen LogP contribution in [0.25, 0.3) is 11.4 Å². The largest absolute Gasteiger partial charge is 0.444 e. The van der Waals surface area contributed by atoms with Gasteiger partial charge in [0, 0.05) is 12.1 Å². The zero-order valence-electron chi connectivity index (χ0n) is 19.5. The quantitative estimate of drug-likeness (QED) is 0.416. The minimum absolute atomic E-state index is 0.219. The molecule has 0 N–H and O–H groups in total. The highest BCUT2D eigenvalue weighted by molar-refractivity contribution is 5.69. The first-order valence-electron chi connectivity index (χ1n) is 11.8. The molecule has 1 aliphatic heterocycles. The molecule has 31 heavy (non-hydrogen) atoms. The van der Waals surface area contributed by atoms with E-state index in [1.807, 2.05) is 20.8 Å². The summed E-state index contributed by atoms with van der Waals surface area (Å²) in [5.74, 6) is 1.05. The van der Waals surface area contributed by atoms with Crippen molar-refractivity contribution in [3.63, 3.8) is 0 Å². The Hall–Kier alpha value is -2.37. The Kier molecular flexibility index (Phi) is 8.10. The normalized spacial score (nSPS) is 16.6. The molecule has 1 amide bonds. The third kappa shape index (κ3) is 6.81. The van der Waals surface area contributed by atoms with Gasteiger partial charge < -0.3 is 9.26 Å². The van der Waals surface area contributed by atoms with Crippen molar-refractivity contribution < 1.29 is 14.1 Å². The summed E-state index contributed by atoms with van der Waals surface area (Å²) >= 11 is 0. The van der Waals surface area contributed by atoms with Crippen molar-refractivity contribution in [3.05, 3.63) is 35.7 Å². The van der Waals surface area contributed by atoms with Crippen molar-refractivity contribution in [1.82, 2.24) is 15.0 Å². The van der Waals surface area contributed by atoms with Gasteiger partial charge in [0.25, 0.3) is 0 Å². The summed E-state index contributed by atoms with van der Waals surface area (Å²) in [4.78, 5) is 18.8. The van der Waals surface area contributed by atoms with E-state index in [-0.39, 0.29) is 12.1 Å². The lowest BCUT2D eigenvalue weighted by molar-refractivity contribution is 0.0199. The van der Waals surface area contributed by atoms with Crippen molar-refractivity contribution in [2.45, 2.75) is 97.1 Å². The van der Waals surface area contributed by atoms with Gasteiger partial charge in [0.15, 0.2) is 0 Å². The standard InChI is InChI=1S/C25H37N3O3/c1-5-6-7-8-9-10-12-19-14-16-20(17-15-19)22-26-23(31-27-22)21-13-11-18-28(21)24(29)30-25(2,3)4/h14-17,21H,5-13,18H2,1-4H3/t21-/m0/s1. The molecule has 0 unspecified atom stereocenters. The topological polar surface area (TPSA) is 68.5 Å². The van der Waals surface area contributed by atoms with Gasteiger partial charge >= 0.3 is 6.09 Å². The molecule has 0 saturated carbocycles. The Balaban J connectivity index is 1.57. The highest BCUT2D eigenvalue weighted by Crippen LogP contribution is 2.33. The second kappa shape index (κ2) is 10.8. The van der Waals surface area contributed by atoms with E-state index in [1.165, 1.54) is 44.1 Å². The monoisotopic (exact) mass is 427 g/mol. The Labute approximate surface area is 186 Å². The molecule has 1 aromatic carbocycles. The third-order valence-corrected chi connectivity index (χ3v) is 5.64. The van der Waals surface area contributed by atoms with Crippen molar-refractivity contribution in [3.8, 4) is 11.4 Å². The summed E-state index contributed by atoms with van der Waals surface area (Å²) in [7, 11) is 0. The predicted octanol–water partition coefficient (Wildman–Crippen LogP) is 6.71. The second-order valence-corrected chi connectivity index (χ2v) is 9.50. The number of carbonyl (C=O) groups excluding carboxylic acids is 1. The smallest absolute Gasteiger partial charge is 0.410 e. The van der Waals surface area contributed by atoms with E-state index in [0.29, 0.717) is 18.3 Å². The van der Waals surface area contributed by atoms with Crippen LogP contribution in [0.1, 0.15) is 96.6 Å². The predicted molar refractivity (Wildman–Crippen MR) is 122 cm³/mol. The zero-order valence-corrected chi connectivity index (χ0v) is 19.5. The maximum absolute atomic E-state index is 12.5. The first-order chi connectivity index (χ1) is 14.9. The number of likely N-dealkylation sites (tertiary alicyclic amines) is 1. The van der Waals surface area contributed by atoms with E-state index in [0.717, 1.165) is 24.8 Å². The third-order valence-electron chi connectivity index (χ3n) is 5.64. The molecule has 3 rings (SSSR count). The Morgan fingerprint density at radius 3 is 2.55 bits per heavy atom. The number of rotatable bonds is 9. The summed E-state index contributed by atoms with van der Waals surface area (Å²) in [6.45, 7) is 8.51. The number of aromatic nitrogens is 2. The van der Waals surface area contributed by atoms with Crippen LogP contribution in [0.2, 0.25) is 0 Å². The van der Waals surface area contributed by atoms with E-state index in [2.05, 4.69) is 41.3 Å². The zero-order chi connectivity index (χ0) is 22.3. The number of ether oxygens (including phenoxy) is 1. The molecule has 2 heterocycles. The van der Waals surface area contributed by atoms with Gasteiger partial charge in [-0.1, -0.05) is 68.4 Å². The minimum atomic E-state index is -0.526. The average Bonchev–Trinajstić information content (AvgIpc) is 3.39. The molecule has 2 aromatic rings. The van der Waals surface area contributed by atoms with Gasteiger partial charge in [-0.25, -0.2) is 4.79 Å². The molecule has 0 spiro atoms. The summed E-state index contributed by atoms with van der Waals surface area (Å²) in [6, 6.07) is 8.20. The van der Waals surface area contributed by atoms with Gasteiger partial charge in [-0.2, -0.15) is 4.98 Å². The highest BCUT2D eigenvalue weighted by atomic mass is 16.6. The number of aryl methyl sites for hydroxylation is 1.